The van der Waals surface area contributed by atoms with Gasteiger partial charge in [-0.25, -0.2) is 4.79 Å². The molecule has 0 aliphatic rings. The highest BCUT2D eigenvalue weighted by molar-refractivity contribution is 7.12. The first-order valence-electron chi connectivity index (χ1n) is 3.79. The van der Waals surface area contributed by atoms with E-state index in [0.717, 1.165) is 18.4 Å². The maximum Gasteiger partial charge on any atom is 0.422 e. The molecule has 0 aromatic carbocycles. The van der Waals surface area contributed by atoms with Crippen molar-refractivity contribution in [3.8, 4) is 5.75 Å². The van der Waals surface area contributed by atoms with Gasteiger partial charge in [-0.1, -0.05) is 0 Å². The Balaban J connectivity index is 2.70. The number of thiophene rings is 1. The summed E-state index contributed by atoms with van der Waals surface area (Å²) >= 11 is 0.966. The molecule has 15 heavy (non-hydrogen) atoms. The average molecular weight is 240 g/mol. The van der Waals surface area contributed by atoms with E-state index in [1.807, 2.05) is 0 Å². The Morgan fingerprint density at radius 3 is 2.73 bits per heavy atom. The Bertz CT molecular complexity index is 345. The fraction of sp³-hybridized carbons (Fsp3) is 0.375. The Hall–Kier alpha value is -1.24. The van der Waals surface area contributed by atoms with E-state index in [4.69, 9.17) is 0 Å². The van der Waals surface area contributed by atoms with Crippen LogP contribution < -0.4 is 4.74 Å². The first kappa shape index (κ1) is 11.8. The monoisotopic (exact) mass is 240 g/mol. The Morgan fingerprint density at radius 2 is 2.20 bits per heavy atom. The zero-order valence-electron chi connectivity index (χ0n) is 7.63. The molecule has 0 amide bonds. The molecule has 0 fully saturated rings. The molecule has 1 heterocycles. The highest BCUT2D eigenvalue weighted by Crippen LogP contribution is 2.27. The van der Waals surface area contributed by atoms with Gasteiger partial charge < -0.3 is 9.47 Å². The maximum absolute atomic E-state index is 11.8. The zero-order chi connectivity index (χ0) is 11.5. The Kier molecular flexibility index (Phi) is 3.57. The third kappa shape index (κ3) is 3.43. The summed E-state index contributed by atoms with van der Waals surface area (Å²) in [7, 11) is 1.15. The van der Waals surface area contributed by atoms with Crippen molar-refractivity contribution in [2.24, 2.45) is 0 Å². The van der Waals surface area contributed by atoms with Gasteiger partial charge in [0.05, 0.1) is 7.11 Å². The van der Waals surface area contributed by atoms with Gasteiger partial charge in [-0.2, -0.15) is 13.2 Å². The number of rotatable bonds is 3. The van der Waals surface area contributed by atoms with Crippen molar-refractivity contribution in [2.75, 3.05) is 13.7 Å². The summed E-state index contributed by atoms with van der Waals surface area (Å²) in [6.45, 7) is -1.42. The van der Waals surface area contributed by atoms with Crippen molar-refractivity contribution >= 4 is 17.3 Å². The van der Waals surface area contributed by atoms with Gasteiger partial charge in [0.2, 0.25) is 0 Å². The second kappa shape index (κ2) is 4.52. The molecule has 0 atom stereocenters. The van der Waals surface area contributed by atoms with Gasteiger partial charge in [-0.05, 0) is 11.4 Å². The van der Waals surface area contributed by atoms with Crippen molar-refractivity contribution in [2.45, 2.75) is 6.18 Å². The van der Waals surface area contributed by atoms with Crippen molar-refractivity contribution in [3.63, 3.8) is 0 Å². The van der Waals surface area contributed by atoms with Crippen LogP contribution in [0.4, 0.5) is 13.2 Å². The van der Waals surface area contributed by atoms with E-state index >= 15 is 0 Å². The summed E-state index contributed by atoms with van der Waals surface area (Å²) < 4.78 is 44.3. The predicted octanol–water partition coefficient (Wildman–Crippen LogP) is 2.48. The van der Waals surface area contributed by atoms with Crippen LogP contribution in [0, 0.1) is 0 Å². The molecule has 1 aromatic heterocycles. The lowest BCUT2D eigenvalue weighted by molar-refractivity contribution is -0.153. The molecule has 0 saturated heterocycles. The van der Waals surface area contributed by atoms with Gasteiger partial charge in [-0.3, -0.25) is 0 Å². The Morgan fingerprint density at radius 1 is 1.53 bits per heavy atom. The van der Waals surface area contributed by atoms with Crippen molar-refractivity contribution < 1.29 is 27.4 Å². The molecular formula is C8H7F3O3S. The van der Waals surface area contributed by atoms with Crippen LogP contribution in [0.3, 0.4) is 0 Å². The first-order chi connectivity index (χ1) is 6.94. The zero-order valence-corrected chi connectivity index (χ0v) is 8.45. The molecule has 0 bridgehead atoms. The normalized spacial score (nSPS) is 11.2. The molecule has 84 valence electrons. The van der Waals surface area contributed by atoms with E-state index < -0.39 is 18.8 Å². The third-order valence-corrected chi connectivity index (χ3v) is 2.27. The third-order valence-electron chi connectivity index (χ3n) is 1.39. The molecule has 3 nitrogen and oxygen atoms in total. The number of methoxy groups -OCH3 is 1. The van der Waals surface area contributed by atoms with Crippen molar-refractivity contribution in [1.82, 2.24) is 0 Å². The number of hydrogen-bond acceptors (Lipinski definition) is 4. The summed E-state index contributed by atoms with van der Waals surface area (Å²) in [4.78, 5) is 11.1. The van der Waals surface area contributed by atoms with Gasteiger partial charge in [0.1, 0.15) is 5.75 Å². The van der Waals surface area contributed by atoms with Crippen LogP contribution in [0.15, 0.2) is 11.4 Å². The van der Waals surface area contributed by atoms with Gasteiger partial charge >= 0.3 is 12.1 Å². The summed E-state index contributed by atoms with van der Waals surface area (Å²) in [5.41, 5.74) is 0. The van der Waals surface area contributed by atoms with E-state index in [0.29, 0.717) is 0 Å². The van der Waals surface area contributed by atoms with E-state index in [1.165, 1.54) is 11.4 Å². The molecular weight excluding hydrogens is 233 g/mol. The quantitative estimate of drug-likeness (QED) is 0.761. The van der Waals surface area contributed by atoms with E-state index in [2.05, 4.69) is 9.47 Å². The molecule has 1 aromatic rings. The lowest BCUT2D eigenvalue weighted by Gasteiger charge is -2.08. The highest BCUT2D eigenvalue weighted by Gasteiger charge is 2.29. The van der Waals surface area contributed by atoms with E-state index in [1.54, 1.807) is 0 Å². The van der Waals surface area contributed by atoms with Crippen LogP contribution in [0.25, 0.3) is 0 Å². The second-order valence-corrected chi connectivity index (χ2v) is 3.43. The molecule has 0 spiro atoms. The molecule has 0 aliphatic carbocycles. The number of alkyl halides is 3. The molecule has 0 aliphatic heterocycles. The number of ether oxygens (including phenoxy) is 2. The number of halogens is 3. The molecule has 0 saturated carbocycles. The van der Waals surface area contributed by atoms with E-state index in [-0.39, 0.29) is 10.6 Å². The summed E-state index contributed by atoms with van der Waals surface area (Å²) in [5, 5.41) is 1.46. The smallest absolute Gasteiger partial charge is 0.422 e. The van der Waals surface area contributed by atoms with Gasteiger partial charge in [-0.15, -0.1) is 11.3 Å². The van der Waals surface area contributed by atoms with Crippen LogP contribution in [0.5, 0.6) is 5.75 Å². The summed E-state index contributed by atoms with van der Waals surface area (Å²) in [6, 6.07) is 1.29. The minimum atomic E-state index is -4.42. The van der Waals surface area contributed by atoms with Crippen LogP contribution in [-0.4, -0.2) is 25.9 Å². The van der Waals surface area contributed by atoms with Crippen molar-refractivity contribution in [3.05, 3.63) is 16.3 Å². The molecule has 0 radical (unpaired) electrons. The minimum absolute atomic E-state index is 0.0294. The molecule has 0 unspecified atom stereocenters. The van der Waals surface area contributed by atoms with Crippen LogP contribution >= 0.6 is 11.3 Å². The fourth-order valence-corrected chi connectivity index (χ4v) is 1.56. The number of carbonyl (C=O) groups is 1. The number of carbonyl (C=O) groups excluding carboxylic acids is 1. The van der Waals surface area contributed by atoms with Gasteiger partial charge in [0.15, 0.2) is 11.5 Å². The SMILES string of the molecule is COC(=O)c1sccc1OCC(F)(F)F. The van der Waals surface area contributed by atoms with E-state index in [9.17, 15) is 18.0 Å². The van der Waals surface area contributed by atoms with Crippen LogP contribution in [-0.2, 0) is 4.74 Å². The lowest BCUT2D eigenvalue weighted by Crippen LogP contribution is -2.19. The molecule has 0 N–H and O–H groups in total. The Labute approximate surface area is 87.4 Å². The number of esters is 1. The van der Waals surface area contributed by atoms with Crippen LogP contribution in [0.2, 0.25) is 0 Å². The fourth-order valence-electron chi connectivity index (χ4n) is 0.812. The number of hydrogen-bond donors (Lipinski definition) is 0. The van der Waals surface area contributed by atoms with Gasteiger partial charge in [0.25, 0.3) is 0 Å². The topological polar surface area (TPSA) is 35.5 Å². The second-order valence-electron chi connectivity index (χ2n) is 2.51. The molecule has 1 rings (SSSR count). The summed E-state index contributed by atoms with van der Waals surface area (Å²) in [6.07, 6.45) is -4.42. The van der Waals surface area contributed by atoms with Crippen LogP contribution in [0.1, 0.15) is 9.67 Å². The highest BCUT2D eigenvalue weighted by atomic mass is 32.1. The maximum atomic E-state index is 11.8. The lowest BCUT2D eigenvalue weighted by atomic mass is 10.4. The van der Waals surface area contributed by atoms with Gasteiger partial charge in [0, 0.05) is 0 Å². The largest absolute Gasteiger partial charge is 0.482 e. The standard InChI is InChI=1S/C8H7F3O3S/c1-13-7(12)6-5(2-3-15-6)14-4-8(9,10)11/h2-3H,4H2,1H3. The first-order valence-corrected chi connectivity index (χ1v) is 4.67. The minimum Gasteiger partial charge on any atom is -0.482 e. The summed E-state index contributed by atoms with van der Waals surface area (Å²) in [5.74, 6) is -0.814. The van der Waals surface area contributed by atoms with Crippen molar-refractivity contribution in [1.29, 1.82) is 0 Å². The molecule has 7 heteroatoms. The average Bonchev–Trinajstić information content (AvgIpc) is 2.60. The predicted molar refractivity (Wildman–Crippen MR) is 47.2 cm³/mol.